The van der Waals surface area contributed by atoms with Crippen molar-refractivity contribution in [1.29, 1.82) is 0 Å². The van der Waals surface area contributed by atoms with E-state index in [4.69, 9.17) is 5.11 Å². The molecule has 2 unspecified atom stereocenters. The van der Waals surface area contributed by atoms with Crippen LogP contribution in [0.3, 0.4) is 0 Å². The number of carbonyl (C=O) groups excluding carboxylic acids is 1. The first kappa shape index (κ1) is 14.9. The van der Waals surface area contributed by atoms with E-state index in [-0.39, 0.29) is 5.91 Å². The first-order valence-corrected chi connectivity index (χ1v) is 6.70. The molecule has 0 saturated heterocycles. The molecule has 18 heavy (non-hydrogen) atoms. The van der Waals surface area contributed by atoms with E-state index in [0.717, 1.165) is 9.13 Å². The molecule has 0 spiro atoms. The Morgan fingerprint density at radius 2 is 1.94 bits per heavy atom. The van der Waals surface area contributed by atoms with Crippen LogP contribution in [0.2, 0.25) is 0 Å². The van der Waals surface area contributed by atoms with Gasteiger partial charge >= 0.3 is 5.97 Å². The van der Waals surface area contributed by atoms with Crippen molar-refractivity contribution in [3.63, 3.8) is 0 Å². The van der Waals surface area contributed by atoms with Crippen molar-refractivity contribution in [2.45, 2.75) is 26.8 Å². The molecule has 1 rings (SSSR count). The van der Waals surface area contributed by atoms with Gasteiger partial charge in [0.25, 0.3) is 5.91 Å². The van der Waals surface area contributed by atoms with Crippen LogP contribution < -0.4 is 5.32 Å². The summed E-state index contributed by atoms with van der Waals surface area (Å²) in [6.45, 7) is 5.24. The Kier molecular flexibility index (Phi) is 5.13. The van der Waals surface area contributed by atoms with Crippen molar-refractivity contribution in [3.05, 3.63) is 32.9 Å². The van der Waals surface area contributed by atoms with Gasteiger partial charge in [-0.1, -0.05) is 6.07 Å². The van der Waals surface area contributed by atoms with Gasteiger partial charge in [-0.15, -0.1) is 0 Å². The number of carboxylic acid groups (broad SMARTS) is 1. The number of rotatable bonds is 4. The number of carboxylic acids is 1. The highest BCUT2D eigenvalue weighted by molar-refractivity contribution is 14.1. The Hall–Kier alpha value is -1.11. The zero-order chi connectivity index (χ0) is 13.9. The molecule has 2 N–H and O–H groups in total. The van der Waals surface area contributed by atoms with Gasteiger partial charge in [-0.3, -0.25) is 9.59 Å². The molecule has 0 aliphatic rings. The monoisotopic (exact) mass is 361 g/mol. The third-order valence-corrected chi connectivity index (χ3v) is 4.09. The summed E-state index contributed by atoms with van der Waals surface area (Å²) in [6, 6.07) is 5.00. The zero-order valence-electron chi connectivity index (χ0n) is 10.5. The van der Waals surface area contributed by atoms with Crippen molar-refractivity contribution in [1.82, 2.24) is 5.32 Å². The molecule has 1 aromatic carbocycles. The second-order valence-corrected chi connectivity index (χ2v) is 5.52. The fraction of sp³-hybridized carbons (Fsp3) is 0.385. The van der Waals surface area contributed by atoms with E-state index in [1.54, 1.807) is 26.0 Å². The predicted octanol–water partition coefficient (Wildman–Crippen LogP) is 2.44. The molecule has 0 aliphatic carbocycles. The lowest BCUT2D eigenvalue weighted by molar-refractivity contribution is -0.141. The van der Waals surface area contributed by atoms with Crippen LogP contribution in [0, 0.1) is 16.4 Å². The average Bonchev–Trinajstić information content (AvgIpc) is 2.31. The van der Waals surface area contributed by atoms with Crippen LogP contribution in [0.4, 0.5) is 0 Å². The number of nitrogens with one attached hydrogen (secondary N) is 1. The highest BCUT2D eigenvalue weighted by atomic mass is 127. The summed E-state index contributed by atoms with van der Waals surface area (Å²) in [5.74, 6) is -1.77. The van der Waals surface area contributed by atoms with Gasteiger partial charge in [0.05, 0.1) is 5.92 Å². The quantitative estimate of drug-likeness (QED) is 0.810. The molecular weight excluding hydrogens is 345 g/mol. The number of carbonyl (C=O) groups is 2. The van der Waals surface area contributed by atoms with Crippen LogP contribution in [0.25, 0.3) is 0 Å². The Morgan fingerprint density at radius 3 is 2.44 bits per heavy atom. The van der Waals surface area contributed by atoms with Crippen molar-refractivity contribution < 1.29 is 14.7 Å². The highest BCUT2D eigenvalue weighted by Crippen LogP contribution is 2.14. The lowest BCUT2D eigenvalue weighted by atomic mass is 10.0. The summed E-state index contributed by atoms with van der Waals surface area (Å²) < 4.78 is 1.01. The summed E-state index contributed by atoms with van der Waals surface area (Å²) in [5.41, 5.74) is 1.66. The van der Waals surface area contributed by atoms with Crippen molar-refractivity contribution >= 4 is 34.5 Å². The molecule has 0 fully saturated rings. The maximum Gasteiger partial charge on any atom is 0.308 e. The van der Waals surface area contributed by atoms with E-state index >= 15 is 0 Å². The second kappa shape index (κ2) is 6.17. The molecule has 0 heterocycles. The van der Waals surface area contributed by atoms with Crippen molar-refractivity contribution in [3.8, 4) is 0 Å². The third kappa shape index (κ3) is 3.69. The second-order valence-electron chi connectivity index (χ2n) is 4.35. The predicted molar refractivity (Wildman–Crippen MR) is 77.6 cm³/mol. The van der Waals surface area contributed by atoms with Crippen LogP contribution in [-0.4, -0.2) is 23.0 Å². The third-order valence-electron chi connectivity index (χ3n) is 2.93. The Labute approximate surface area is 120 Å². The summed E-state index contributed by atoms with van der Waals surface area (Å²) in [5, 5.41) is 11.6. The Balaban J connectivity index is 2.76. The fourth-order valence-corrected chi connectivity index (χ4v) is 1.88. The number of benzene rings is 1. The van der Waals surface area contributed by atoms with E-state index < -0.39 is 17.9 Å². The number of aryl methyl sites for hydroxylation is 1. The summed E-state index contributed by atoms with van der Waals surface area (Å²) in [6.07, 6.45) is 0. The molecule has 0 saturated carbocycles. The topological polar surface area (TPSA) is 66.4 Å². The molecule has 0 aliphatic heterocycles. The Morgan fingerprint density at radius 1 is 1.33 bits per heavy atom. The zero-order valence-corrected chi connectivity index (χ0v) is 12.7. The van der Waals surface area contributed by atoms with E-state index in [2.05, 4.69) is 27.9 Å². The lowest BCUT2D eigenvalue weighted by Crippen LogP contribution is -2.40. The minimum Gasteiger partial charge on any atom is -0.481 e. The standard InChI is InChI=1S/C13H16INO3/c1-7-4-5-10(6-11(7)14)12(16)15-9(3)8(2)13(17)18/h4-6,8-9H,1-3H3,(H,15,16)(H,17,18). The number of amides is 1. The molecule has 1 aromatic rings. The number of hydrogen-bond acceptors (Lipinski definition) is 2. The normalized spacial score (nSPS) is 13.8. The van der Waals surface area contributed by atoms with Gasteiger partial charge in [-0.25, -0.2) is 0 Å². The van der Waals surface area contributed by atoms with Crippen molar-refractivity contribution in [2.24, 2.45) is 5.92 Å². The average molecular weight is 361 g/mol. The number of aliphatic carboxylic acids is 1. The van der Waals surface area contributed by atoms with Gasteiger partial charge in [0.2, 0.25) is 0 Å². The van der Waals surface area contributed by atoms with Crippen molar-refractivity contribution in [2.75, 3.05) is 0 Å². The molecular formula is C13H16INO3. The summed E-state index contributed by atoms with van der Waals surface area (Å²) in [7, 11) is 0. The molecule has 1 amide bonds. The number of hydrogen-bond donors (Lipinski definition) is 2. The molecule has 0 aromatic heterocycles. The van der Waals surface area contributed by atoms with Crippen LogP contribution in [-0.2, 0) is 4.79 Å². The van der Waals surface area contributed by atoms with Gasteiger partial charge in [-0.05, 0) is 61.1 Å². The van der Waals surface area contributed by atoms with E-state index in [0.29, 0.717) is 5.56 Å². The molecule has 0 bridgehead atoms. The van der Waals surface area contributed by atoms with E-state index in [1.807, 2.05) is 13.0 Å². The van der Waals surface area contributed by atoms with Gasteiger partial charge < -0.3 is 10.4 Å². The van der Waals surface area contributed by atoms with Crippen LogP contribution in [0.15, 0.2) is 18.2 Å². The lowest BCUT2D eigenvalue weighted by Gasteiger charge is -2.17. The van der Waals surface area contributed by atoms with Gasteiger partial charge in [0.15, 0.2) is 0 Å². The Bertz CT molecular complexity index is 473. The maximum absolute atomic E-state index is 11.9. The largest absolute Gasteiger partial charge is 0.481 e. The van der Waals surface area contributed by atoms with Gasteiger partial charge in [0, 0.05) is 15.2 Å². The summed E-state index contributed by atoms with van der Waals surface area (Å²) >= 11 is 2.17. The smallest absolute Gasteiger partial charge is 0.308 e. The van der Waals surface area contributed by atoms with Gasteiger partial charge in [-0.2, -0.15) is 0 Å². The molecule has 4 nitrogen and oxygen atoms in total. The first-order chi connectivity index (χ1) is 8.32. The SMILES string of the molecule is Cc1ccc(C(=O)NC(C)C(C)C(=O)O)cc1I. The fourth-order valence-electron chi connectivity index (χ4n) is 1.36. The highest BCUT2D eigenvalue weighted by Gasteiger charge is 2.21. The first-order valence-electron chi connectivity index (χ1n) is 5.62. The molecule has 2 atom stereocenters. The maximum atomic E-state index is 11.9. The molecule has 5 heteroatoms. The number of halogens is 1. The molecule has 0 radical (unpaired) electrons. The van der Waals surface area contributed by atoms with E-state index in [9.17, 15) is 9.59 Å². The van der Waals surface area contributed by atoms with Gasteiger partial charge in [0.1, 0.15) is 0 Å². The van der Waals surface area contributed by atoms with E-state index in [1.165, 1.54) is 0 Å². The summed E-state index contributed by atoms with van der Waals surface area (Å²) in [4.78, 5) is 22.7. The molecule has 98 valence electrons. The van der Waals surface area contributed by atoms with Crippen LogP contribution in [0.5, 0.6) is 0 Å². The minimum atomic E-state index is -0.915. The van der Waals surface area contributed by atoms with Crippen LogP contribution >= 0.6 is 22.6 Å². The van der Waals surface area contributed by atoms with Crippen LogP contribution in [0.1, 0.15) is 29.8 Å². The minimum absolute atomic E-state index is 0.242.